The van der Waals surface area contributed by atoms with E-state index in [-0.39, 0.29) is 19.6 Å². The predicted octanol–water partition coefficient (Wildman–Crippen LogP) is 3.03. The molecule has 1 atom stereocenters. The Morgan fingerprint density at radius 3 is 2.75 bits per heavy atom. The van der Waals surface area contributed by atoms with E-state index in [1.807, 2.05) is 0 Å². The second kappa shape index (κ2) is 5.73. The molecule has 1 N–H and O–H groups in total. The van der Waals surface area contributed by atoms with E-state index in [1.54, 1.807) is 24.3 Å². The van der Waals surface area contributed by atoms with Gasteiger partial charge in [0.15, 0.2) is 5.41 Å². The summed E-state index contributed by atoms with van der Waals surface area (Å²) in [6.07, 6.45) is -4.89. The Hall–Kier alpha value is -1.08. The zero-order chi connectivity index (χ0) is 14.8. The second-order valence-corrected chi connectivity index (χ2v) is 5.63. The van der Waals surface area contributed by atoms with Crippen LogP contribution in [0.2, 0.25) is 0 Å². The normalized spacial score (nSPS) is 22.8. The van der Waals surface area contributed by atoms with E-state index in [0.29, 0.717) is 5.56 Å². The molecular weight excluding hydrogens is 339 g/mol. The van der Waals surface area contributed by atoms with Gasteiger partial charge in [0.05, 0.1) is 0 Å². The molecule has 1 aromatic rings. The van der Waals surface area contributed by atoms with Crippen molar-refractivity contribution in [2.75, 3.05) is 13.1 Å². The van der Waals surface area contributed by atoms with E-state index in [2.05, 4.69) is 21.2 Å². The number of alkyl halides is 3. The van der Waals surface area contributed by atoms with Gasteiger partial charge in [-0.3, -0.25) is 4.79 Å². The molecule has 0 radical (unpaired) electrons. The Balaban J connectivity index is 2.07. The average Bonchev–Trinajstić information content (AvgIpc) is 2.86. The second-order valence-electron chi connectivity index (χ2n) is 4.71. The number of carbonyl (C=O) groups is 1. The molecule has 0 spiro atoms. The number of esters is 1. The van der Waals surface area contributed by atoms with Crippen molar-refractivity contribution in [1.29, 1.82) is 0 Å². The van der Waals surface area contributed by atoms with Crippen molar-refractivity contribution in [3.63, 3.8) is 0 Å². The van der Waals surface area contributed by atoms with Gasteiger partial charge < -0.3 is 10.1 Å². The zero-order valence-electron chi connectivity index (χ0n) is 10.5. The third-order valence-corrected chi connectivity index (χ3v) is 3.84. The number of nitrogens with one attached hydrogen (secondary N) is 1. The zero-order valence-corrected chi connectivity index (χ0v) is 12.1. The van der Waals surface area contributed by atoms with Gasteiger partial charge in [0.2, 0.25) is 0 Å². The van der Waals surface area contributed by atoms with Crippen LogP contribution in [0.3, 0.4) is 0 Å². The van der Waals surface area contributed by atoms with Crippen LogP contribution in [-0.2, 0) is 16.1 Å². The lowest BCUT2D eigenvalue weighted by Gasteiger charge is -2.28. The van der Waals surface area contributed by atoms with E-state index < -0.39 is 24.1 Å². The molecule has 1 aromatic carbocycles. The van der Waals surface area contributed by atoms with Gasteiger partial charge in [-0.05, 0) is 30.7 Å². The Kier molecular flexibility index (Phi) is 4.39. The summed E-state index contributed by atoms with van der Waals surface area (Å²) in [6, 6.07) is 6.89. The van der Waals surface area contributed by atoms with Gasteiger partial charge in [-0.15, -0.1) is 0 Å². The molecule has 110 valence electrons. The lowest BCUT2D eigenvalue weighted by Crippen LogP contribution is -2.47. The molecule has 0 aromatic heterocycles. The van der Waals surface area contributed by atoms with Gasteiger partial charge >= 0.3 is 12.1 Å². The third kappa shape index (κ3) is 2.98. The van der Waals surface area contributed by atoms with Gasteiger partial charge in [-0.25, -0.2) is 0 Å². The minimum atomic E-state index is -4.61. The summed E-state index contributed by atoms with van der Waals surface area (Å²) in [6.45, 7) is -0.435. The molecule has 1 aliphatic rings. The third-order valence-electron chi connectivity index (χ3n) is 3.35. The molecule has 7 heteroatoms. The first-order valence-corrected chi connectivity index (χ1v) is 6.83. The van der Waals surface area contributed by atoms with Crippen molar-refractivity contribution >= 4 is 21.9 Å². The maximum Gasteiger partial charge on any atom is 0.406 e. The summed E-state index contributed by atoms with van der Waals surface area (Å²) < 4.78 is 45.0. The van der Waals surface area contributed by atoms with E-state index in [1.165, 1.54) is 0 Å². The van der Waals surface area contributed by atoms with Crippen molar-refractivity contribution in [3.8, 4) is 0 Å². The van der Waals surface area contributed by atoms with Gasteiger partial charge in [0.25, 0.3) is 0 Å². The topological polar surface area (TPSA) is 38.3 Å². The van der Waals surface area contributed by atoms with Crippen LogP contribution in [0, 0.1) is 5.41 Å². The first-order valence-electron chi connectivity index (χ1n) is 6.04. The lowest BCUT2D eigenvalue weighted by molar-refractivity contribution is -0.229. The Morgan fingerprint density at radius 1 is 1.45 bits per heavy atom. The fraction of sp³-hybridized carbons (Fsp3) is 0.462. The van der Waals surface area contributed by atoms with Crippen molar-refractivity contribution in [3.05, 3.63) is 34.3 Å². The van der Waals surface area contributed by atoms with Crippen LogP contribution in [0.15, 0.2) is 28.7 Å². The standard InChI is InChI=1S/C13H13BrF3NO2/c14-10-3-1-2-9(6-10)7-20-11(19)12(13(15,16)17)4-5-18-8-12/h1-3,6,18H,4-5,7-8H2. The van der Waals surface area contributed by atoms with Gasteiger partial charge in [-0.2, -0.15) is 13.2 Å². The average molecular weight is 352 g/mol. The molecule has 1 aliphatic heterocycles. The fourth-order valence-electron chi connectivity index (χ4n) is 2.14. The minimum Gasteiger partial charge on any atom is -0.460 e. The molecule has 1 heterocycles. The van der Waals surface area contributed by atoms with Crippen molar-refractivity contribution in [1.82, 2.24) is 5.32 Å². The molecular formula is C13H13BrF3NO2. The monoisotopic (exact) mass is 351 g/mol. The first kappa shape index (κ1) is 15.3. The van der Waals surface area contributed by atoms with Gasteiger partial charge in [0.1, 0.15) is 6.61 Å². The molecule has 3 nitrogen and oxygen atoms in total. The fourth-order valence-corrected chi connectivity index (χ4v) is 2.58. The number of halogens is 4. The number of hydrogen-bond acceptors (Lipinski definition) is 3. The first-order chi connectivity index (χ1) is 9.35. The minimum absolute atomic E-state index is 0.158. The van der Waals surface area contributed by atoms with E-state index in [0.717, 1.165) is 4.47 Å². The number of hydrogen-bond donors (Lipinski definition) is 1. The van der Waals surface area contributed by atoms with Crippen LogP contribution in [-0.4, -0.2) is 25.2 Å². The quantitative estimate of drug-likeness (QED) is 0.850. The number of carbonyl (C=O) groups excluding carboxylic acids is 1. The number of ether oxygens (including phenoxy) is 1. The molecule has 1 fully saturated rings. The van der Waals surface area contributed by atoms with Crippen LogP contribution in [0.4, 0.5) is 13.2 Å². The van der Waals surface area contributed by atoms with E-state index >= 15 is 0 Å². The van der Waals surface area contributed by atoms with Crippen LogP contribution >= 0.6 is 15.9 Å². The molecule has 0 bridgehead atoms. The number of rotatable bonds is 3. The lowest BCUT2D eigenvalue weighted by atomic mass is 9.86. The van der Waals surface area contributed by atoms with E-state index in [4.69, 9.17) is 4.74 Å². The highest BCUT2D eigenvalue weighted by atomic mass is 79.9. The Labute approximate surface area is 122 Å². The van der Waals surface area contributed by atoms with Gasteiger partial charge in [-0.1, -0.05) is 28.1 Å². The summed E-state index contributed by atoms with van der Waals surface area (Å²) in [5, 5.41) is 2.58. The van der Waals surface area contributed by atoms with E-state index in [9.17, 15) is 18.0 Å². The highest BCUT2D eigenvalue weighted by Gasteiger charge is 2.62. The summed E-state index contributed by atoms with van der Waals surface area (Å²) >= 11 is 3.25. The van der Waals surface area contributed by atoms with Crippen LogP contribution in [0.25, 0.3) is 0 Å². The molecule has 0 saturated carbocycles. The number of benzene rings is 1. The van der Waals surface area contributed by atoms with Crippen LogP contribution in [0.1, 0.15) is 12.0 Å². The van der Waals surface area contributed by atoms with Crippen molar-refractivity contribution in [2.24, 2.45) is 5.41 Å². The predicted molar refractivity (Wildman–Crippen MR) is 69.9 cm³/mol. The highest BCUT2D eigenvalue weighted by Crippen LogP contribution is 2.44. The van der Waals surface area contributed by atoms with Crippen molar-refractivity contribution in [2.45, 2.75) is 19.2 Å². The van der Waals surface area contributed by atoms with Crippen LogP contribution in [0.5, 0.6) is 0 Å². The molecule has 0 aliphatic carbocycles. The summed E-state index contributed by atoms with van der Waals surface area (Å²) in [5.74, 6) is -1.21. The molecule has 2 rings (SSSR count). The Bertz CT molecular complexity index is 499. The maximum atomic E-state index is 13.1. The molecule has 1 unspecified atom stereocenters. The highest BCUT2D eigenvalue weighted by molar-refractivity contribution is 9.10. The molecule has 0 amide bonds. The molecule has 20 heavy (non-hydrogen) atoms. The molecule has 1 saturated heterocycles. The summed E-state index contributed by atoms with van der Waals surface area (Å²) in [5.41, 5.74) is -1.78. The smallest absolute Gasteiger partial charge is 0.406 e. The van der Waals surface area contributed by atoms with Crippen LogP contribution < -0.4 is 5.32 Å². The van der Waals surface area contributed by atoms with Crippen molar-refractivity contribution < 1.29 is 22.7 Å². The maximum absolute atomic E-state index is 13.1. The van der Waals surface area contributed by atoms with Gasteiger partial charge in [0, 0.05) is 11.0 Å². The summed E-state index contributed by atoms with van der Waals surface area (Å²) in [4.78, 5) is 11.9. The Morgan fingerprint density at radius 2 is 2.20 bits per heavy atom. The SMILES string of the molecule is O=C(OCc1cccc(Br)c1)C1(C(F)(F)F)CCNC1. The largest absolute Gasteiger partial charge is 0.460 e. The summed E-state index contributed by atoms with van der Waals surface area (Å²) in [7, 11) is 0.